The SMILES string of the molecule is Nc1c(C(=O)O)sc2c(Br)cccc12. The molecule has 0 bridgehead atoms. The van der Waals surface area contributed by atoms with Crippen LogP contribution in [-0.4, -0.2) is 11.1 Å². The summed E-state index contributed by atoms with van der Waals surface area (Å²) in [5.41, 5.74) is 6.06. The molecule has 2 aromatic rings. The van der Waals surface area contributed by atoms with Gasteiger partial charge in [-0.25, -0.2) is 4.79 Å². The molecule has 0 atom stereocenters. The number of rotatable bonds is 1. The molecule has 0 aliphatic heterocycles. The first-order valence-electron chi connectivity index (χ1n) is 3.81. The molecule has 0 amide bonds. The quantitative estimate of drug-likeness (QED) is 0.838. The molecule has 2 rings (SSSR count). The normalized spacial score (nSPS) is 10.6. The Kier molecular flexibility index (Phi) is 2.20. The van der Waals surface area contributed by atoms with Crippen molar-refractivity contribution in [3.63, 3.8) is 0 Å². The zero-order valence-electron chi connectivity index (χ0n) is 6.95. The topological polar surface area (TPSA) is 63.3 Å². The van der Waals surface area contributed by atoms with Gasteiger partial charge < -0.3 is 10.8 Å². The summed E-state index contributed by atoms with van der Waals surface area (Å²) in [4.78, 5) is 11.0. The van der Waals surface area contributed by atoms with E-state index >= 15 is 0 Å². The van der Waals surface area contributed by atoms with E-state index < -0.39 is 5.97 Å². The molecule has 3 N–H and O–H groups in total. The standard InChI is InChI=1S/C9H6BrNO2S/c10-5-3-1-2-4-6(11)8(9(12)13)14-7(4)5/h1-3H,11H2,(H,12,13). The van der Waals surface area contributed by atoms with Crippen LogP contribution >= 0.6 is 27.3 Å². The zero-order valence-corrected chi connectivity index (χ0v) is 9.35. The van der Waals surface area contributed by atoms with Crippen molar-refractivity contribution >= 4 is 49.0 Å². The molecule has 0 unspecified atom stereocenters. The highest BCUT2D eigenvalue weighted by atomic mass is 79.9. The van der Waals surface area contributed by atoms with E-state index in [-0.39, 0.29) is 4.88 Å². The maximum atomic E-state index is 10.8. The van der Waals surface area contributed by atoms with Crippen molar-refractivity contribution in [1.29, 1.82) is 0 Å². The van der Waals surface area contributed by atoms with E-state index in [0.717, 1.165) is 14.6 Å². The molecule has 0 aliphatic rings. The predicted octanol–water partition coefficient (Wildman–Crippen LogP) is 2.94. The Hall–Kier alpha value is -1.07. The highest BCUT2D eigenvalue weighted by molar-refractivity contribution is 9.10. The first-order chi connectivity index (χ1) is 6.61. The van der Waals surface area contributed by atoms with Gasteiger partial charge in [0, 0.05) is 9.86 Å². The van der Waals surface area contributed by atoms with Gasteiger partial charge in [-0.1, -0.05) is 12.1 Å². The minimum absolute atomic E-state index is 0.201. The molecule has 1 heterocycles. The lowest BCUT2D eigenvalue weighted by Crippen LogP contribution is -1.96. The molecule has 14 heavy (non-hydrogen) atoms. The minimum atomic E-state index is -0.976. The fourth-order valence-corrected chi connectivity index (χ4v) is 2.84. The van der Waals surface area contributed by atoms with Gasteiger partial charge in [0.15, 0.2) is 0 Å². The summed E-state index contributed by atoms with van der Waals surface area (Å²) in [6.07, 6.45) is 0. The lowest BCUT2D eigenvalue weighted by Gasteiger charge is -1.92. The molecule has 0 aliphatic carbocycles. The molecule has 0 spiro atoms. The number of carbonyl (C=O) groups is 1. The van der Waals surface area contributed by atoms with Crippen molar-refractivity contribution in [3.8, 4) is 0 Å². The monoisotopic (exact) mass is 271 g/mol. The maximum Gasteiger partial charge on any atom is 0.348 e. The second kappa shape index (κ2) is 3.25. The van der Waals surface area contributed by atoms with Gasteiger partial charge in [-0.2, -0.15) is 0 Å². The van der Waals surface area contributed by atoms with Crippen LogP contribution in [0, 0.1) is 0 Å². The highest BCUT2D eigenvalue weighted by Gasteiger charge is 2.16. The number of benzene rings is 1. The summed E-state index contributed by atoms with van der Waals surface area (Å²) < 4.78 is 1.75. The molecule has 5 heteroatoms. The van der Waals surface area contributed by atoms with E-state index in [0.29, 0.717) is 5.69 Å². The van der Waals surface area contributed by atoms with Crippen molar-refractivity contribution in [3.05, 3.63) is 27.5 Å². The maximum absolute atomic E-state index is 10.8. The van der Waals surface area contributed by atoms with Gasteiger partial charge in [0.25, 0.3) is 0 Å². The molecular weight excluding hydrogens is 266 g/mol. The first kappa shape index (κ1) is 9.48. The number of fused-ring (bicyclic) bond motifs is 1. The van der Waals surface area contributed by atoms with E-state index in [2.05, 4.69) is 15.9 Å². The van der Waals surface area contributed by atoms with Crippen LogP contribution in [0.3, 0.4) is 0 Å². The van der Waals surface area contributed by atoms with Crippen molar-refractivity contribution < 1.29 is 9.90 Å². The smallest absolute Gasteiger partial charge is 0.348 e. The molecular formula is C9H6BrNO2S. The Balaban J connectivity index is 2.86. The molecule has 1 aromatic heterocycles. The lowest BCUT2D eigenvalue weighted by molar-refractivity contribution is 0.0703. The van der Waals surface area contributed by atoms with Crippen LogP contribution in [0.15, 0.2) is 22.7 Å². The average Bonchev–Trinajstić information content (AvgIpc) is 2.46. The second-order valence-electron chi connectivity index (χ2n) is 2.77. The average molecular weight is 272 g/mol. The summed E-state index contributed by atoms with van der Waals surface area (Å²) in [6.45, 7) is 0. The van der Waals surface area contributed by atoms with E-state index in [1.807, 2.05) is 18.2 Å². The van der Waals surface area contributed by atoms with Crippen LogP contribution in [0.5, 0.6) is 0 Å². The van der Waals surface area contributed by atoms with Crippen LogP contribution in [0.1, 0.15) is 9.67 Å². The molecule has 0 radical (unpaired) electrons. The number of anilines is 1. The number of carboxylic acids is 1. The third kappa shape index (κ3) is 1.29. The van der Waals surface area contributed by atoms with Crippen molar-refractivity contribution in [2.75, 3.05) is 5.73 Å². The number of hydrogen-bond donors (Lipinski definition) is 2. The zero-order chi connectivity index (χ0) is 10.3. The third-order valence-electron chi connectivity index (χ3n) is 1.90. The second-order valence-corrected chi connectivity index (χ2v) is 4.64. The summed E-state index contributed by atoms with van der Waals surface area (Å²) in [6, 6.07) is 5.52. The van der Waals surface area contributed by atoms with Crippen LogP contribution < -0.4 is 5.73 Å². The summed E-state index contributed by atoms with van der Waals surface area (Å²) in [5, 5.41) is 9.67. The minimum Gasteiger partial charge on any atom is -0.477 e. The third-order valence-corrected chi connectivity index (χ3v) is 4.07. The summed E-state index contributed by atoms with van der Waals surface area (Å²) >= 11 is 4.54. The number of nitrogens with two attached hydrogens (primary N) is 1. The molecule has 0 fully saturated rings. The number of thiophene rings is 1. The van der Waals surface area contributed by atoms with Crippen LogP contribution in [0.4, 0.5) is 5.69 Å². The van der Waals surface area contributed by atoms with Gasteiger partial charge in [-0.3, -0.25) is 0 Å². The van der Waals surface area contributed by atoms with Crippen molar-refractivity contribution in [2.24, 2.45) is 0 Å². The van der Waals surface area contributed by atoms with Crippen LogP contribution in [0.25, 0.3) is 10.1 Å². The van der Waals surface area contributed by atoms with Gasteiger partial charge in [-0.05, 0) is 22.0 Å². The van der Waals surface area contributed by atoms with Gasteiger partial charge >= 0.3 is 5.97 Å². The summed E-state index contributed by atoms with van der Waals surface area (Å²) in [7, 11) is 0. The number of aromatic carboxylic acids is 1. The van der Waals surface area contributed by atoms with E-state index in [9.17, 15) is 4.79 Å². The Bertz CT molecular complexity index is 521. The Morgan fingerprint density at radius 2 is 2.21 bits per heavy atom. The predicted molar refractivity (Wildman–Crippen MR) is 60.9 cm³/mol. The Labute approximate surface area is 92.3 Å². The Morgan fingerprint density at radius 1 is 1.50 bits per heavy atom. The Morgan fingerprint density at radius 3 is 2.79 bits per heavy atom. The lowest BCUT2D eigenvalue weighted by atomic mass is 10.2. The molecule has 72 valence electrons. The van der Waals surface area contributed by atoms with Crippen molar-refractivity contribution in [1.82, 2.24) is 0 Å². The number of hydrogen-bond acceptors (Lipinski definition) is 3. The fourth-order valence-electron chi connectivity index (χ4n) is 1.26. The fraction of sp³-hybridized carbons (Fsp3) is 0. The first-order valence-corrected chi connectivity index (χ1v) is 5.42. The van der Waals surface area contributed by atoms with Crippen molar-refractivity contribution in [2.45, 2.75) is 0 Å². The molecule has 3 nitrogen and oxygen atoms in total. The number of nitrogen functional groups attached to an aromatic ring is 1. The molecule has 1 aromatic carbocycles. The highest BCUT2D eigenvalue weighted by Crippen LogP contribution is 2.37. The van der Waals surface area contributed by atoms with E-state index in [1.165, 1.54) is 11.3 Å². The molecule has 0 saturated heterocycles. The summed E-state index contributed by atoms with van der Waals surface area (Å²) in [5.74, 6) is -0.976. The number of carboxylic acid groups (broad SMARTS) is 1. The van der Waals surface area contributed by atoms with Gasteiger partial charge in [0.2, 0.25) is 0 Å². The largest absolute Gasteiger partial charge is 0.477 e. The van der Waals surface area contributed by atoms with Crippen LogP contribution in [-0.2, 0) is 0 Å². The van der Waals surface area contributed by atoms with Crippen LogP contribution in [0.2, 0.25) is 0 Å². The van der Waals surface area contributed by atoms with E-state index in [1.54, 1.807) is 0 Å². The van der Waals surface area contributed by atoms with Gasteiger partial charge in [-0.15, -0.1) is 11.3 Å². The van der Waals surface area contributed by atoms with Gasteiger partial charge in [0.1, 0.15) is 4.88 Å². The van der Waals surface area contributed by atoms with E-state index in [4.69, 9.17) is 10.8 Å². The molecule has 0 saturated carbocycles. The number of halogens is 1. The van der Waals surface area contributed by atoms with Gasteiger partial charge in [0.05, 0.1) is 10.4 Å².